The molecule has 1 aliphatic rings. The number of nitrogens with zero attached hydrogens (tertiary/aromatic N) is 3. The van der Waals surface area contributed by atoms with E-state index in [4.69, 9.17) is 4.98 Å². The van der Waals surface area contributed by atoms with Gasteiger partial charge in [0.25, 0.3) is 0 Å². The van der Waals surface area contributed by atoms with Crippen molar-refractivity contribution in [2.45, 2.75) is 52.6 Å². The lowest BCUT2D eigenvalue weighted by Gasteiger charge is -2.19. The number of hydrogen-bond acceptors (Lipinski definition) is 4. The van der Waals surface area contributed by atoms with Crippen molar-refractivity contribution in [3.63, 3.8) is 0 Å². The lowest BCUT2D eigenvalue weighted by atomic mass is 9.91. The predicted molar refractivity (Wildman–Crippen MR) is 94.0 cm³/mol. The predicted octanol–water partition coefficient (Wildman–Crippen LogP) is 2.13. The molecule has 0 atom stereocenters. The number of likely N-dealkylation sites (N-methyl/N-ethyl adjacent to an activating group) is 1. The van der Waals surface area contributed by atoms with E-state index < -0.39 is 0 Å². The van der Waals surface area contributed by atoms with Crippen LogP contribution in [0.15, 0.2) is 12.1 Å². The van der Waals surface area contributed by atoms with Gasteiger partial charge in [0.2, 0.25) is 5.91 Å². The van der Waals surface area contributed by atoms with Gasteiger partial charge in [0.05, 0.1) is 0 Å². The summed E-state index contributed by atoms with van der Waals surface area (Å²) in [5, 5.41) is 10.5. The molecule has 24 heavy (non-hydrogen) atoms. The molecule has 2 N–H and O–H groups in total. The zero-order chi connectivity index (χ0) is 17.1. The van der Waals surface area contributed by atoms with Gasteiger partial charge in [0.1, 0.15) is 12.4 Å². The van der Waals surface area contributed by atoms with Gasteiger partial charge in [-0.05, 0) is 56.7 Å². The summed E-state index contributed by atoms with van der Waals surface area (Å²) in [5.41, 5.74) is 6.03. The molecule has 0 saturated carbocycles. The summed E-state index contributed by atoms with van der Waals surface area (Å²) >= 11 is 0. The lowest BCUT2D eigenvalue weighted by Crippen LogP contribution is -2.24. The second kappa shape index (κ2) is 7.03. The fourth-order valence-corrected chi connectivity index (χ4v) is 3.26. The van der Waals surface area contributed by atoms with Crippen LogP contribution >= 0.6 is 0 Å². The molecular weight excluding hydrogens is 302 g/mol. The van der Waals surface area contributed by atoms with Gasteiger partial charge >= 0.3 is 0 Å². The van der Waals surface area contributed by atoms with Crippen LogP contribution in [0.1, 0.15) is 41.1 Å². The van der Waals surface area contributed by atoms with Crippen molar-refractivity contribution in [2.75, 3.05) is 12.4 Å². The highest BCUT2D eigenvalue weighted by Gasteiger charge is 2.16. The second-order valence-corrected chi connectivity index (χ2v) is 6.41. The average Bonchev–Trinajstić information content (AvgIpc) is 2.92. The van der Waals surface area contributed by atoms with Crippen LogP contribution in [0.25, 0.3) is 0 Å². The number of carbonyl (C=O) groups is 1. The number of fused-ring (bicyclic) bond motifs is 1. The molecule has 1 amide bonds. The van der Waals surface area contributed by atoms with Crippen LogP contribution in [0.3, 0.4) is 0 Å². The van der Waals surface area contributed by atoms with E-state index in [1.807, 2.05) is 13.0 Å². The Hall–Kier alpha value is -2.37. The molecule has 0 fully saturated rings. The molecule has 0 saturated heterocycles. The molecule has 0 radical (unpaired) electrons. The first kappa shape index (κ1) is 16.5. The van der Waals surface area contributed by atoms with Gasteiger partial charge in [-0.2, -0.15) is 5.10 Å². The maximum Gasteiger partial charge on any atom is 0.241 e. The minimum Gasteiger partial charge on any atom is -0.365 e. The Labute approximate surface area is 142 Å². The normalized spacial score (nSPS) is 13.5. The quantitative estimate of drug-likeness (QED) is 0.882. The van der Waals surface area contributed by atoms with Crippen LogP contribution in [0.5, 0.6) is 0 Å². The number of rotatable bonds is 5. The van der Waals surface area contributed by atoms with Gasteiger partial charge in [-0.15, -0.1) is 0 Å². The maximum atomic E-state index is 11.5. The van der Waals surface area contributed by atoms with E-state index in [0.29, 0.717) is 0 Å². The largest absolute Gasteiger partial charge is 0.365 e. The third kappa shape index (κ3) is 3.58. The minimum absolute atomic E-state index is 0.0495. The number of anilines is 1. The second-order valence-electron chi connectivity index (χ2n) is 6.41. The number of aryl methyl sites for hydroxylation is 3. The fourth-order valence-electron chi connectivity index (χ4n) is 3.26. The van der Waals surface area contributed by atoms with Gasteiger partial charge in [-0.1, -0.05) is 0 Å². The van der Waals surface area contributed by atoms with E-state index in [1.54, 1.807) is 11.7 Å². The van der Waals surface area contributed by atoms with Crippen molar-refractivity contribution in [1.82, 2.24) is 20.1 Å². The maximum absolute atomic E-state index is 11.5. The summed E-state index contributed by atoms with van der Waals surface area (Å²) in [5.74, 6) is 0.752. The third-order valence-corrected chi connectivity index (χ3v) is 4.53. The first-order valence-electron chi connectivity index (χ1n) is 8.54. The van der Waals surface area contributed by atoms with Gasteiger partial charge < -0.3 is 10.6 Å². The highest BCUT2D eigenvalue weighted by molar-refractivity contribution is 5.75. The summed E-state index contributed by atoms with van der Waals surface area (Å²) in [6, 6.07) is 4.15. The Morgan fingerprint density at radius 1 is 1.25 bits per heavy atom. The van der Waals surface area contributed by atoms with Crippen LogP contribution in [0, 0.1) is 13.8 Å². The molecule has 0 aliphatic heterocycles. The van der Waals surface area contributed by atoms with Gasteiger partial charge in [0.15, 0.2) is 0 Å². The fraction of sp³-hybridized carbons (Fsp3) is 0.500. The summed E-state index contributed by atoms with van der Waals surface area (Å²) in [7, 11) is 1.63. The molecular formula is C18H25N5O. The van der Waals surface area contributed by atoms with Crippen LogP contribution in [-0.2, 0) is 30.7 Å². The molecule has 128 valence electrons. The lowest BCUT2D eigenvalue weighted by molar-refractivity contribution is -0.121. The van der Waals surface area contributed by atoms with Crippen molar-refractivity contribution in [2.24, 2.45) is 0 Å². The first-order valence-corrected chi connectivity index (χ1v) is 8.54. The Morgan fingerprint density at radius 2 is 2.04 bits per heavy atom. The Balaban J connectivity index is 1.73. The third-order valence-electron chi connectivity index (χ3n) is 4.53. The smallest absolute Gasteiger partial charge is 0.241 e. The zero-order valence-electron chi connectivity index (χ0n) is 14.6. The summed E-state index contributed by atoms with van der Waals surface area (Å²) in [6.07, 6.45) is 4.68. The molecule has 0 unspecified atom stereocenters. The molecule has 2 aromatic rings. The zero-order valence-corrected chi connectivity index (χ0v) is 14.6. The number of aromatic nitrogens is 3. The van der Waals surface area contributed by atoms with E-state index in [1.165, 1.54) is 29.7 Å². The highest BCUT2D eigenvalue weighted by Crippen LogP contribution is 2.24. The van der Waals surface area contributed by atoms with E-state index in [2.05, 4.69) is 28.7 Å². The van der Waals surface area contributed by atoms with Crippen LogP contribution in [0.2, 0.25) is 0 Å². The molecule has 2 aromatic heterocycles. The first-order chi connectivity index (χ1) is 11.6. The summed E-state index contributed by atoms with van der Waals surface area (Å²) < 4.78 is 1.72. The highest BCUT2D eigenvalue weighted by atomic mass is 16.1. The topological polar surface area (TPSA) is 71.8 Å². The van der Waals surface area contributed by atoms with Crippen molar-refractivity contribution < 1.29 is 4.79 Å². The van der Waals surface area contributed by atoms with Crippen molar-refractivity contribution in [3.05, 3.63) is 40.3 Å². The van der Waals surface area contributed by atoms with Crippen LogP contribution in [0.4, 0.5) is 5.82 Å². The van der Waals surface area contributed by atoms with Crippen molar-refractivity contribution in [3.8, 4) is 0 Å². The molecule has 1 aliphatic carbocycles. The molecule has 2 heterocycles. The SMILES string of the molecule is CNC(=O)Cn1nc(NCc2cc(C)nc3c2CCCC3)cc1C. The molecule has 0 bridgehead atoms. The average molecular weight is 327 g/mol. The van der Waals surface area contributed by atoms with Gasteiger partial charge in [-0.3, -0.25) is 14.5 Å². The van der Waals surface area contributed by atoms with Gasteiger partial charge in [0, 0.05) is 36.7 Å². The number of carbonyl (C=O) groups excluding carboxylic acids is 1. The van der Waals surface area contributed by atoms with Gasteiger partial charge in [-0.25, -0.2) is 0 Å². The Kier molecular flexibility index (Phi) is 4.83. The molecule has 6 nitrogen and oxygen atoms in total. The monoisotopic (exact) mass is 327 g/mol. The van der Waals surface area contributed by atoms with Crippen molar-refractivity contribution >= 4 is 11.7 Å². The molecule has 6 heteroatoms. The van der Waals surface area contributed by atoms with E-state index in [0.717, 1.165) is 36.6 Å². The molecule has 3 rings (SSSR count). The van der Waals surface area contributed by atoms with Crippen LogP contribution < -0.4 is 10.6 Å². The standard InChI is InChI=1S/C18H25N5O/c1-12-8-14(15-6-4-5-7-16(15)21-12)10-20-17-9-13(2)23(22-17)11-18(24)19-3/h8-9H,4-7,10-11H2,1-3H3,(H,19,24)(H,20,22). The number of nitrogens with one attached hydrogen (secondary N) is 2. The Bertz CT molecular complexity index is 750. The van der Waals surface area contributed by atoms with Crippen molar-refractivity contribution in [1.29, 1.82) is 0 Å². The van der Waals surface area contributed by atoms with E-state index in [-0.39, 0.29) is 12.5 Å². The number of amides is 1. The summed E-state index contributed by atoms with van der Waals surface area (Å²) in [4.78, 5) is 16.2. The minimum atomic E-state index is -0.0495. The molecule has 0 spiro atoms. The number of hydrogen-bond donors (Lipinski definition) is 2. The van der Waals surface area contributed by atoms with Crippen LogP contribution in [-0.4, -0.2) is 27.7 Å². The van der Waals surface area contributed by atoms with E-state index >= 15 is 0 Å². The number of pyridine rings is 1. The summed E-state index contributed by atoms with van der Waals surface area (Å²) in [6.45, 7) is 5.00. The Morgan fingerprint density at radius 3 is 2.83 bits per heavy atom. The molecule has 0 aromatic carbocycles. The van der Waals surface area contributed by atoms with E-state index in [9.17, 15) is 4.79 Å².